The molecule has 0 spiro atoms. The smallest absolute Gasteiger partial charge is 0.404 e. The Balaban J connectivity index is 0.000000534. The van der Waals surface area contributed by atoms with Crippen LogP contribution >= 0.6 is 0 Å². The van der Waals surface area contributed by atoms with Crippen LogP contribution in [0.3, 0.4) is 0 Å². The molecule has 1 aromatic heterocycles. The maximum Gasteiger partial charge on any atom is 0.573 e. The van der Waals surface area contributed by atoms with Gasteiger partial charge in [-0.25, -0.2) is 8.42 Å². The zero-order chi connectivity index (χ0) is 24.0. The number of ether oxygens (including phenoxy) is 3. The average molecular weight is 477 g/mol. The molecule has 0 N–H and O–H groups in total. The highest BCUT2D eigenvalue weighted by molar-refractivity contribution is 7.89. The maximum absolute atomic E-state index is 13.0. The summed E-state index contributed by atoms with van der Waals surface area (Å²) in [5, 5.41) is 0. The molecular formula is C21H27F3N2O5S. The summed E-state index contributed by atoms with van der Waals surface area (Å²) >= 11 is 0. The van der Waals surface area contributed by atoms with Gasteiger partial charge < -0.3 is 14.2 Å². The third kappa shape index (κ3) is 7.73. The molecule has 32 heavy (non-hydrogen) atoms. The molecule has 0 aliphatic carbocycles. The Morgan fingerprint density at radius 2 is 1.75 bits per heavy atom. The molecule has 0 fully saturated rings. The number of hydrogen-bond acceptors (Lipinski definition) is 6. The largest absolute Gasteiger partial charge is 0.573 e. The Bertz CT molecular complexity index is 991. The second-order valence-corrected chi connectivity index (χ2v) is 9.72. The quantitative estimate of drug-likeness (QED) is 0.663. The summed E-state index contributed by atoms with van der Waals surface area (Å²) in [4.78, 5) is 3.60. The van der Waals surface area contributed by atoms with E-state index in [0.29, 0.717) is 11.3 Å². The number of nitrogens with zero attached hydrogens (tertiary/aromatic N) is 2. The summed E-state index contributed by atoms with van der Waals surface area (Å²) in [6.45, 7) is 6.38. The van der Waals surface area contributed by atoms with Gasteiger partial charge in [-0.05, 0) is 44.5 Å². The number of halogens is 3. The molecule has 7 nitrogen and oxygen atoms in total. The molecule has 2 aromatic rings. The average Bonchev–Trinajstić information content (AvgIpc) is 2.67. The van der Waals surface area contributed by atoms with Crippen molar-refractivity contribution in [3.05, 3.63) is 53.9 Å². The summed E-state index contributed by atoms with van der Waals surface area (Å²) in [5.41, 5.74) is 1.26. The lowest BCUT2D eigenvalue weighted by molar-refractivity contribution is -0.275. The van der Waals surface area contributed by atoms with Crippen LogP contribution in [0, 0.1) is 0 Å². The highest BCUT2D eigenvalue weighted by Crippen LogP contribution is 2.32. The second kappa shape index (κ2) is 10.6. The SMILES string of the molecule is COC(C)(C)C.O=S(=O)(c1ccccc1OC(F)(F)F)N1CCOCc2ncccc2C1. The van der Waals surface area contributed by atoms with E-state index in [1.54, 1.807) is 25.4 Å². The van der Waals surface area contributed by atoms with Gasteiger partial charge in [-0.3, -0.25) is 4.98 Å². The first-order chi connectivity index (χ1) is 14.8. The lowest BCUT2D eigenvalue weighted by atomic mass is 10.2. The Hall–Kier alpha value is -2.21. The van der Waals surface area contributed by atoms with Gasteiger partial charge in [0.25, 0.3) is 0 Å². The van der Waals surface area contributed by atoms with Crippen molar-refractivity contribution in [3.8, 4) is 5.75 Å². The Kier molecular flexibility index (Phi) is 8.63. The first-order valence-electron chi connectivity index (χ1n) is 9.74. The van der Waals surface area contributed by atoms with E-state index in [1.165, 1.54) is 12.1 Å². The fourth-order valence-corrected chi connectivity index (χ4v) is 4.08. The summed E-state index contributed by atoms with van der Waals surface area (Å²) in [6.07, 6.45) is -3.43. The normalized spacial score (nSPS) is 15.6. The molecule has 0 radical (unpaired) electrons. The van der Waals surface area contributed by atoms with Crippen molar-refractivity contribution < 1.29 is 35.8 Å². The number of sulfonamides is 1. The minimum atomic E-state index is -5.00. The fraction of sp³-hybridized carbons (Fsp3) is 0.476. The Morgan fingerprint density at radius 3 is 2.38 bits per heavy atom. The number of benzene rings is 1. The van der Waals surface area contributed by atoms with Crippen LogP contribution in [0.15, 0.2) is 47.5 Å². The van der Waals surface area contributed by atoms with Crippen LogP contribution in [0.1, 0.15) is 32.0 Å². The molecule has 0 unspecified atom stereocenters. The van der Waals surface area contributed by atoms with Crippen molar-refractivity contribution in [2.24, 2.45) is 0 Å². The molecule has 0 amide bonds. The van der Waals surface area contributed by atoms with Crippen molar-refractivity contribution in [2.75, 3.05) is 20.3 Å². The molecular weight excluding hydrogens is 449 g/mol. The van der Waals surface area contributed by atoms with E-state index in [1.807, 2.05) is 20.8 Å². The van der Waals surface area contributed by atoms with Crippen molar-refractivity contribution in [3.63, 3.8) is 0 Å². The minimum absolute atomic E-state index is 0.00296. The molecule has 0 bridgehead atoms. The number of alkyl halides is 3. The Morgan fingerprint density at radius 1 is 1.09 bits per heavy atom. The second-order valence-electron chi connectivity index (χ2n) is 7.81. The predicted molar refractivity (Wildman–Crippen MR) is 111 cm³/mol. The monoisotopic (exact) mass is 476 g/mol. The molecule has 11 heteroatoms. The van der Waals surface area contributed by atoms with Crippen LogP contribution in [0.5, 0.6) is 5.75 Å². The van der Waals surface area contributed by atoms with E-state index in [-0.39, 0.29) is 31.9 Å². The number of rotatable bonds is 3. The van der Waals surface area contributed by atoms with Gasteiger partial charge in [0, 0.05) is 26.4 Å². The summed E-state index contributed by atoms with van der Waals surface area (Å²) < 4.78 is 79.0. The van der Waals surface area contributed by atoms with Crippen molar-refractivity contribution in [2.45, 2.75) is 50.8 Å². The van der Waals surface area contributed by atoms with Gasteiger partial charge in [0.15, 0.2) is 0 Å². The zero-order valence-electron chi connectivity index (χ0n) is 18.3. The van der Waals surface area contributed by atoms with Gasteiger partial charge in [0.2, 0.25) is 10.0 Å². The number of fused-ring (bicyclic) bond motifs is 1. The third-order valence-corrected chi connectivity index (χ3v) is 6.24. The van der Waals surface area contributed by atoms with Gasteiger partial charge in [-0.1, -0.05) is 18.2 Å². The predicted octanol–water partition coefficient (Wildman–Crippen LogP) is 4.13. The number of methoxy groups -OCH3 is 1. The summed E-state index contributed by atoms with van der Waals surface area (Å²) in [7, 11) is -2.54. The van der Waals surface area contributed by atoms with Crippen molar-refractivity contribution in [1.29, 1.82) is 0 Å². The van der Waals surface area contributed by atoms with E-state index >= 15 is 0 Å². The lowest BCUT2D eigenvalue weighted by Crippen LogP contribution is -2.35. The van der Waals surface area contributed by atoms with Crippen molar-refractivity contribution >= 4 is 10.0 Å². The molecule has 178 valence electrons. The van der Waals surface area contributed by atoms with E-state index in [9.17, 15) is 21.6 Å². The molecule has 0 saturated heterocycles. The van der Waals surface area contributed by atoms with E-state index in [4.69, 9.17) is 9.47 Å². The van der Waals surface area contributed by atoms with Gasteiger partial charge in [0.1, 0.15) is 10.6 Å². The van der Waals surface area contributed by atoms with Crippen LogP contribution in [0.4, 0.5) is 13.2 Å². The van der Waals surface area contributed by atoms with Crippen LogP contribution in [0.25, 0.3) is 0 Å². The van der Waals surface area contributed by atoms with Crippen LogP contribution < -0.4 is 4.74 Å². The van der Waals surface area contributed by atoms with Gasteiger partial charge in [-0.15, -0.1) is 13.2 Å². The number of pyridine rings is 1. The summed E-state index contributed by atoms with van der Waals surface area (Å²) in [6, 6.07) is 8.03. The zero-order valence-corrected chi connectivity index (χ0v) is 19.2. The number of aromatic nitrogens is 1. The molecule has 1 aromatic carbocycles. The summed E-state index contributed by atoms with van der Waals surface area (Å²) in [5.74, 6) is -0.769. The van der Waals surface area contributed by atoms with E-state index in [0.717, 1.165) is 16.4 Å². The molecule has 0 atom stereocenters. The maximum atomic E-state index is 13.0. The molecule has 1 aliphatic rings. The van der Waals surface area contributed by atoms with E-state index in [2.05, 4.69) is 9.72 Å². The van der Waals surface area contributed by atoms with Crippen LogP contribution in [-0.4, -0.2) is 49.9 Å². The van der Waals surface area contributed by atoms with Crippen LogP contribution in [0.2, 0.25) is 0 Å². The Labute approximate surface area is 186 Å². The molecule has 2 heterocycles. The first kappa shape index (κ1) is 26.0. The van der Waals surface area contributed by atoms with Gasteiger partial charge >= 0.3 is 6.36 Å². The topological polar surface area (TPSA) is 78.0 Å². The van der Waals surface area contributed by atoms with Crippen LogP contribution in [-0.2, 0) is 32.6 Å². The first-order valence-corrected chi connectivity index (χ1v) is 11.2. The lowest BCUT2D eigenvalue weighted by Gasteiger charge is -2.26. The third-order valence-electron chi connectivity index (χ3n) is 4.36. The highest BCUT2D eigenvalue weighted by atomic mass is 32.2. The standard InChI is InChI=1S/C16H15F3N2O4S.C5H12O/c17-16(18,19)25-14-5-1-2-6-15(14)26(22,23)21-8-9-24-11-13-12(10-21)4-3-7-20-13;1-5(2,3)6-4/h1-7H,8-11H2;1-4H3. The highest BCUT2D eigenvalue weighted by Gasteiger charge is 2.36. The van der Waals surface area contributed by atoms with Gasteiger partial charge in [-0.2, -0.15) is 4.31 Å². The molecule has 1 aliphatic heterocycles. The van der Waals surface area contributed by atoms with Crippen molar-refractivity contribution in [1.82, 2.24) is 9.29 Å². The van der Waals surface area contributed by atoms with Gasteiger partial charge in [0.05, 0.1) is 24.5 Å². The minimum Gasteiger partial charge on any atom is -0.404 e. The fourth-order valence-electron chi connectivity index (χ4n) is 2.57. The van der Waals surface area contributed by atoms with E-state index < -0.39 is 27.0 Å². The number of para-hydroxylation sites is 1. The number of hydrogen-bond donors (Lipinski definition) is 0. The molecule has 3 rings (SSSR count). The molecule has 0 saturated carbocycles.